The van der Waals surface area contributed by atoms with Crippen molar-refractivity contribution >= 4 is 22.6 Å². The van der Waals surface area contributed by atoms with Crippen molar-refractivity contribution in [2.75, 3.05) is 0 Å². The smallest absolute Gasteiger partial charge is 0.254 e. The molecule has 1 N–H and O–H groups in total. The lowest BCUT2D eigenvalue weighted by atomic mass is 10.1. The molecule has 5 heteroatoms. The van der Waals surface area contributed by atoms with Crippen molar-refractivity contribution in [3.8, 4) is 11.5 Å². The quantitative estimate of drug-likeness (QED) is 0.779. The lowest BCUT2D eigenvalue weighted by Gasteiger charge is -2.01. The number of hydrogen-bond donors (Lipinski definition) is 1. The Balaban J connectivity index is 2.28. The lowest BCUT2D eigenvalue weighted by Crippen LogP contribution is -2.13. The van der Waals surface area contributed by atoms with E-state index in [0.717, 1.165) is 5.39 Å². The van der Waals surface area contributed by atoms with Crippen LogP contribution in [-0.4, -0.2) is 9.97 Å². The average Bonchev–Trinajstić information content (AvgIpc) is 2.84. The Morgan fingerprint density at radius 2 is 2.26 bits per heavy atom. The molecule has 2 aromatic heterocycles. The van der Waals surface area contributed by atoms with Crippen LogP contribution < -0.4 is 5.56 Å². The minimum absolute atomic E-state index is 0.140. The molecule has 3 rings (SSSR count). The number of benzene rings is 1. The van der Waals surface area contributed by atoms with Gasteiger partial charge in [0.25, 0.3) is 5.56 Å². The first-order valence-electron chi connectivity index (χ1n) is 5.95. The van der Waals surface area contributed by atoms with Gasteiger partial charge in [-0.3, -0.25) is 4.79 Å². The number of nitrogens with zero attached hydrogens (tertiary/aromatic N) is 1. The van der Waals surface area contributed by atoms with Gasteiger partial charge in [0.05, 0.1) is 11.3 Å². The van der Waals surface area contributed by atoms with Crippen LogP contribution in [0.2, 0.25) is 5.02 Å². The fourth-order valence-corrected chi connectivity index (χ4v) is 2.33. The summed E-state index contributed by atoms with van der Waals surface area (Å²) in [6, 6.07) is 7.38. The maximum atomic E-state index is 11.8. The number of hydrogen-bond acceptors (Lipinski definition) is 3. The molecule has 0 spiro atoms. The molecule has 0 aliphatic heterocycles. The molecule has 0 aliphatic rings. The van der Waals surface area contributed by atoms with Gasteiger partial charge in [-0.05, 0) is 18.6 Å². The molecule has 4 nitrogen and oxygen atoms in total. The van der Waals surface area contributed by atoms with Gasteiger partial charge in [-0.1, -0.05) is 30.7 Å². The molecule has 19 heavy (non-hydrogen) atoms. The summed E-state index contributed by atoms with van der Waals surface area (Å²) < 4.78 is 5.74. The van der Waals surface area contributed by atoms with Gasteiger partial charge in [0.15, 0.2) is 11.3 Å². The van der Waals surface area contributed by atoms with Gasteiger partial charge in [-0.2, -0.15) is 0 Å². The summed E-state index contributed by atoms with van der Waals surface area (Å²) in [5, 5.41) is 1.44. The molecule has 3 aromatic rings. The second kappa shape index (κ2) is 4.55. The van der Waals surface area contributed by atoms with E-state index >= 15 is 0 Å². The number of aromatic amines is 1. The predicted octanol–water partition coefficient (Wildman–Crippen LogP) is 3.40. The summed E-state index contributed by atoms with van der Waals surface area (Å²) >= 11 is 6.08. The van der Waals surface area contributed by atoms with Crippen LogP contribution in [0.1, 0.15) is 12.5 Å². The highest BCUT2D eigenvalue weighted by Crippen LogP contribution is 2.31. The van der Waals surface area contributed by atoms with E-state index < -0.39 is 0 Å². The Hall–Kier alpha value is -2.07. The summed E-state index contributed by atoms with van der Waals surface area (Å²) in [6.07, 6.45) is 1.97. The topological polar surface area (TPSA) is 58.9 Å². The normalized spacial score (nSPS) is 11.1. The van der Waals surface area contributed by atoms with E-state index in [1.807, 2.05) is 25.1 Å². The van der Waals surface area contributed by atoms with Gasteiger partial charge in [-0.15, -0.1) is 0 Å². The van der Waals surface area contributed by atoms with Crippen LogP contribution in [0.25, 0.3) is 22.4 Å². The van der Waals surface area contributed by atoms with Gasteiger partial charge >= 0.3 is 0 Å². The zero-order valence-electron chi connectivity index (χ0n) is 10.2. The molecule has 1 aromatic carbocycles. The second-order valence-corrected chi connectivity index (χ2v) is 4.59. The molecule has 0 amide bonds. The molecule has 96 valence electrons. The molecule has 2 heterocycles. The number of fused-ring (bicyclic) bond motifs is 1. The van der Waals surface area contributed by atoms with Crippen molar-refractivity contribution in [3.05, 3.63) is 51.5 Å². The molecule has 0 saturated heterocycles. The van der Waals surface area contributed by atoms with Gasteiger partial charge < -0.3 is 9.40 Å². The van der Waals surface area contributed by atoms with Crippen molar-refractivity contribution in [2.45, 2.75) is 13.3 Å². The van der Waals surface area contributed by atoms with E-state index in [1.165, 1.54) is 6.33 Å². The van der Waals surface area contributed by atoms with Crippen molar-refractivity contribution < 1.29 is 4.42 Å². The molecule has 0 unspecified atom stereocenters. The minimum atomic E-state index is -0.140. The van der Waals surface area contributed by atoms with E-state index in [-0.39, 0.29) is 5.56 Å². The third-order valence-corrected chi connectivity index (χ3v) is 3.33. The zero-order valence-corrected chi connectivity index (χ0v) is 11.0. The number of para-hydroxylation sites is 1. The lowest BCUT2D eigenvalue weighted by molar-refractivity contribution is 0.627. The summed E-state index contributed by atoms with van der Waals surface area (Å²) in [4.78, 5) is 18.5. The highest BCUT2D eigenvalue weighted by molar-refractivity contribution is 6.34. The van der Waals surface area contributed by atoms with E-state index in [0.29, 0.717) is 34.0 Å². The Kier molecular flexibility index (Phi) is 2.87. The summed E-state index contributed by atoms with van der Waals surface area (Å²) in [7, 11) is 0. The van der Waals surface area contributed by atoms with Crippen LogP contribution in [0.4, 0.5) is 0 Å². The van der Waals surface area contributed by atoms with E-state index in [2.05, 4.69) is 9.97 Å². The first-order chi connectivity index (χ1) is 9.20. The molecule has 0 radical (unpaired) electrons. The predicted molar refractivity (Wildman–Crippen MR) is 74.5 cm³/mol. The number of nitrogens with one attached hydrogen (secondary N) is 1. The highest BCUT2D eigenvalue weighted by Gasteiger charge is 2.14. The molecule has 0 fully saturated rings. The van der Waals surface area contributed by atoms with E-state index in [1.54, 1.807) is 6.07 Å². The van der Waals surface area contributed by atoms with Crippen molar-refractivity contribution in [3.63, 3.8) is 0 Å². The standard InChI is InChI=1S/C14H11ClN2O2/c1-2-9-12(16-7-17-14(9)18)11-6-8-4-3-5-10(15)13(8)19-11/h3-7H,2H2,1H3,(H,16,17,18). The molecular weight excluding hydrogens is 264 g/mol. The van der Waals surface area contributed by atoms with Crippen LogP contribution in [0.15, 0.2) is 39.8 Å². The van der Waals surface area contributed by atoms with Crippen molar-refractivity contribution in [1.82, 2.24) is 9.97 Å². The largest absolute Gasteiger partial charge is 0.453 e. The summed E-state index contributed by atoms with van der Waals surface area (Å²) in [5.74, 6) is 0.561. The van der Waals surface area contributed by atoms with E-state index in [4.69, 9.17) is 16.0 Å². The zero-order chi connectivity index (χ0) is 13.4. The summed E-state index contributed by atoms with van der Waals surface area (Å²) in [5.41, 5.74) is 1.65. The number of rotatable bonds is 2. The highest BCUT2D eigenvalue weighted by atomic mass is 35.5. The third-order valence-electron chi connectivity index (χ3n) is 3.03. The van der Waals surface area contributed by atoms with Crippen LogP contribution in [0.5, 0.6) is 0 Å². The average molecular weight is 275 g/mol. The number of furan rings is 1. The fourth-order valence-electron chi connectivity index (χ4n) is 2.11. The van der Waals surface area contributed by atoms with Crippen molar-refractivity contribution in [1.29, 1.82) is 0 Å². The van der Waals surface area contributed by atoms with Gasteiger partial charge in [0, 0.05) is 10.9 Å². The Morgan fingerprint density at radius 1 is 1.42 bits per heavy atom. The fraction of sp³-hybridized carbons (Fsp3) is 0.143. The Labute approximate surface area is 114 Å². The van der Waals surface area contributed by atoms with Crippen LogP contribution in [0.3, 0.4) is 0 Å². The number of aromatic nitrogens is 2. The second-order valence-electron chi connectivity index (χ2n) is 4.18. The first-order valence-corrected chi connectivity index (χ1v) is 6.33. The van der Waals surface area contributed by atoms with Crippen LogP contribution >= 0.6 is 11.6 Å². The SMILES string of the molecule is CCc1c(-c2cc3cccc(Cl)c3o2)nc[nH]c1=O. The first kappa shape index (κ1) is 12.0. The van der Waals surface area contributed by atoms with Gasteiger partial charge in [0.1, 0.15) is 5.69 Å². The maximum Gasteiger partial charge on any atom is 0.254 e. The molecular formula is C14H11ClN2O2. The maximum absolute atomic E-state index is 11.8. The minimum Gasteiger partial charge on any atom is -0.453 e. The molecule has 0 aliphatic carbocycles. The summed E-state index contributed by atoms with van der Waals surface area (Å²) in [6.45, 7) is 1.91. The van der Waals surface area contributed by atoms with Crippen molar-refractivity contribution in [2.24, 2.45) is 0 Å². The van der Waals surface area contributed by atoms with Gasteiger partial charge in [0.2, 0.25) is 0 Å². The number of H-pyrrole nitrogens is 1. The van der Waals surface area contributed by atoms with Crippen LogP contribution in [0, 0.1) is 0 Å². The monoisotopic (exact) mass is 274 g/mol. The molecule has 0 saturated carbocycles. The van der Waals surface area contributed by atoms with E-state index in [9.17, 15) is 4.79 Å². The molecule has 0 bridgehead atoms. The third kappa shape index (κ3) is 1.94. The van der Waals surface area contributed by atoms with Gasteiger partial charge in [-0.25, -0.2) is 4.98 Å². The Bertz CT molecular complexity index is 805. The number of halogens is 1. The van der Waals surface area contributed by atoms with Crippen LogP contribution in [-0.2, 0) is 6.42 Å². The molecule has 0 atom stereocenters. The Morgan fingerprint density at radius 3 is 3.00 bits per heavy atom.